The number of ether oxygens (including phenoxy) is 1. The molecule has 0 aliphatic heterocycles. The molecule has 4 nitrogen and oxygen atoms in total. The maximum Gasteiger partial charge on any atom is 0.250 e. The number of aryl methyl sites for hydroxylation is 1. The van der Waals surface area contributed by atoms with Crippen molar-refractivity contribution < 1.29 is 13.2 Å². The van der Waals surface area contributed by atoms with E-state index in [1.807, 2.05) is 24.3 Å². The smallest absolute Gasteiger partial charge is 0.250 e. The molecule has 0 atom stereocenters. The average Bonchev–Trinajstić information content (AvgIpc) is 3.02. The number of thiophene rings is 1. The molecule has 0 bridgehead atoms. The maximum atomic E-state index is 11.9. The van der Waals surface area contributed by atoms with Crippen LogP contribution >= 0.6 is 11.3 Å². The van der Waals surface area contributed by atoms with Gasteiger partial charge < -0.3 is 4.74 Å². The summed E-state index contributed by atoms with van der Waals surface area (Å²) in [5, 5.41) is 1.76. The summed E-state index contributed by atoms with van der Waals surface area (Å²) in [6.45, 7) is 0.469. The molecule has 0 amide bonds. The fourth-order valence-corrected chi connectivity index (χ4v) is 4.05. The number of methoxy groups -OCH3 is 1. The van der Waals surface area contributed by atoms with Gasteiger partial charge in [0, 0.05) is 6.54 Å². The SMILES string of the molecule is COc1ccc(CCCCNS(=O)(=O)c2cccs2)cc1. The number of nitrogens with one attached hydrogen (secondary N) is 1. The molecule has 1 aromatic heterocycles. The molecule has 2 aromatic rings. The second-order valence-corrected chi connectivity index (χ2v) is 7.58. The van der Waals surface area contributed by atoms with Crippen molar-refractivity contribution in [1.82, 2.24) is 4.72 Å². The number of benzene rings is 1. The van der Waals surface area contributed by atoms with E-state index in [-0.39, 0.29) is 0 Å². The molecular weight excluding hydrogens is 306 g/mol. The molecule has 6 heteroatoms. The van der Waals surface area contributed by atoms with Gasteiger partial charge >= 0.3 is 0 Å². The first-order valence-corrected chi connectivity index (χ1v) is 9.14. The van der Waals surface area contributed by atoms with Gasteiger partial charge in [-0.15, -0.1) is 11.3 Å². The summed E-state index contributed by atoms with van der Waals surface area (Å²) in [5.41, 5.74) is 1.23. The minimum Gasteiger partial charge on any atom is -0.497 e. The van der Waals surface area contributed by atoms with Crippen molar-refractivity contribution in [1.29, 1.82) is 0 Å². The maximum absolute atomic E-state index is 11.9. The van der Waals surface area contributed by atoms with Gasteiger partial charge in [-0.1, -0.05) is 18.2 Å². The van der Waals surface area contributed by atoms with Gasteiger partial charge in [-0.3, -0.25) is 0 Å². The minimum atomic E-state index is -3.32. The standard InChI is InChI=1S/C15H19NO3S2/c1-19-14-9-7-13(8-10-14)5-2-3-11-16-21(17,18)15-6-4-12-20-15/h4,6-10,12,16H,2-3,5,11H2,1H3. The van der Waals surface area contributed by atoms with Gasteiger partial charge in [0.25, 0.3) is 0 Å². The van der Waals surface area contributed by atoms with E-state index in [9.17, 15) is 8.42 Å². The topological polar surface area (TPSA) is 55.4 Å². The molecule has 0 spiro atoms. The van der Waals surface area contributed by atoms with Gasteiger partial charge in [0.2, 0.25) is 10.0 Å². The Kier molecular flexibility index (Phi) is 5.78. The fourth-order valence-electron chi connectivity index (χ4n) is 1.94. The Morgan fingerprint density at radius 1 is 1.14 bits per heavy atom. The highest BCUT2D eigenvalue weighted by molar-refractivity contribution is 7.91. The first kappa shape index (κ1) is 16.0. The van der Waals surface area contributed by atoms with Crippen LogP contribution in [0.1, 0.15) is 18.4 Å². The summed E-state index contributed by atoms with van der Waals surface area (Å²) < 4.78 is 31.9. The van der Waals surface area contributed by atoms with Crippen LogP contribution < -0.4 is 9.46 Å². The summed E-state index contributed by atoms with van der Waals surface area (Å²) >= 11 is 1.23. The van der Waals surface area contributed by atoms with E-state index in [1.165, 1.54) is 16.9 Å². The first-order valence-electron chi connectivity index (χ1n) is 6.78. The number of rotatable bonds is 8. The molecule has 0 unspecified atom stereocenters. The molecule has 1 N–H and O–H groups in total. The lowest BCUT2D eigenvalue weighted by molar-refractivity contribution is 0.414. The van der Waals surface area contributed by atoms with Crippen LogP contribution in [0.3, 0.4) is 0 Å². The summed E-state index contributed by atoms with van der Waals surface area (Å²) in [6.07, 6.45) is 2.70. The van der Waals surface area contributed by atoms with Gasteiger partial charge in [-0.05, 0) is 48.4 Å². The van der Waals surface area contributed by atoms with Crippen LogP contribution in [0.5, 0.6) is 5.75 Å². The van der Waals surface area contributed by atoms with Crippen molar-refractivity contribution in [3.63, 3.8) is 0 Å². The average molecular weight is 325 g/mol. The van der Waals surface area contributed by atoms with Crippen molar-refractivity contribution in [3.8, 4) is 5.75 Å². The molecule has 0 aliphatic carbocycles. The third-order valence-electron chi connectivity index (χ3n) is 3.10. The van der Waals surface area contributed by atoms with E-state index >= 15 is 0 Å². The monoisotopic (exact) mass is 325 g/mol. The van der Waals surface area contributed by atoms with Crippen LogP contribution in [-0.2, 0) is 16.4 Å². The van der Waals surface area contributed by atoms with Gasteiger partial charge in [-0.2, -0.15) is 0 Å². The van der Waals surface area contributed by atoms with Crippen LogP contribution in [0.25, 0.3) is 0 Å². The van der Waals surface area contributed by atoms with Crippen molar-refractivity contribution >= 4 is 21.4 Å². The largest absolute Gasteiger partial charge is 0.497 e. The van der Waals surface area contributed by atoms with Gasteiger partial charge in [0.1, 0.15) is 9.96 Å². The quantitative estimate of drug-likeness (QED) is 0.759. The predicted octanol–water partition coefficient (Wildman–Crippen LogP) is 3.06. The third kappa shape index (κ3) is 4.84. The number of sulfonamides is 1. The van der Waals surface area contributed by atoms with Crippen molar-refractivity contribution in [2.45, 2.75) is 23.5 Å². The Bertz CT molecular complexity index is 634. The van der Waals surface area contributed by atoms with Crippen LogP contribution in [-0.4, -0.2) is 22.1 Å². The minimum absolute atomic E-state index is 0.373. The molecule has 114 valence electrons. The summed E-state index contributed by atoms with van der Waals surface area (Å²) in [6, 6.07) is 11.3. The van der Waals surface area contributed by atoms with E-state index in [4.69, 9.17) is 4.74 Å². The Labute approximate surface area is 129 Å². The number of hydrogen-bond acceptors (Lipinski definition) is 4. The predicted molar refractivity (Wildman–Crippen MR) is 85.4 cm³/mol. The lowest BCUT2D eigenvalue weighted by Gasteiger charge is -2.05. The molecule has 0 aliphatic rings. The highest BCUT2D eigenvalue weighted by atomic mass is 32.2. The molecule has 0 fully saturated rings. The molecule has 1 aromatic carbocycles. The van der Waals surface area contributed by atoms with E-state index in [0.717, 1.165) is 25.0 Å². The van der Waals surface area contributed by atoms with E-state index in [0.29, 0.717) is 10.8 Å². The Hall–Kier alpha value is -1.37. The molecule has 0 saturated carbocycles. The van der Waals surface area contributed by atoms with Crippen LogP contribution in [0.4, 0.5) is 0 Å². The van der Waals surface area contributed by atoms with Gasteiger partial charge in [0.05, 0.1) is 7.11 Å². The lowest BCUT2D eigenvalue weighted by atomic mass is 10.1. The zero-order valence-electron chi connectivity index (χ0n) is 11.9. The van der Waals surface area contributed by atoms with Gasteiger partial charge in [-0.25, -0.2) is 13.1 Å². The van der Waals surface area contributed by atoms with Crippen molar-refractivity contribution in [2.24, 2.45) is 0 Å². The van der Waals surface area contributed by atoms with Crippen molar-refractivity contribution in [2.75, 3.05) is 13.7 Å². The normalized spacial score (nSPS) is 11.5. The third-order valence-corrected chi connectivity index (χ3v) is 5.96. The van der Waals surface area contributed by atoms with Gasteiger partial charge in [0.15, 0.2) is 0 Å². The highest BCUT2D eigenvalue weighted by Gasteiger charge is 2.13. The van der Waals surface area contributed by atoms with Crippen LogP contribution in [0, 0.1) is 0 Å². The van der Waals surface area contributed by atoms with E-state index in [2.05, 4.69) is 4.72 Å². The Balaban J connectivity index is 1.70. The number of hydrogen-bond donors (Lipinski definition) is 1. The molecule has 0 saturated heterocycles. The summed E-state index contributed by atoms with van der Waals surface area (Å²) in [5.74, 6) is 0.849. The summed E-state index contributed by atoms with van der Waals surface area (Å²) in [4.78, 5) is 0. The molecular formula is C15H19NO3S2. The van der Waals surface area contributed by atoms with E-state index < -0.39 is 10.0 Å². The van der Waals surface area contributed by atoms with Crippen molar-refractivity contribution in [3.05, 3.63) is 47.3 Å². The molecule has 2 rings (SSSR count). The highest BCUT2D eigenvalue weighted by Crippen LogP contribution is 2.16. The second kappa shape index (κ2) is 7.59. The fraction of sp³-hybridized carbons (Fsp3) is 0.333. The molecule has 1 heterocycles. The summed E-state index contributed by atoms with van der Waals surface area (Å²) in [7, 11) is -1.67. The molecule has 0 radical (unpaired) electrons. The van der Waals surface area contributed by atoms with Crippen LogP contribution in [0.15, 0.2) is 46.0 Å². The Morgan fingerprint density at radius 2 is 1.90 bits per heavy atom. The zero-order valence-corrected chi connectivity index (χ0v) is 13.5. The first-order chi connectivity index (χ1) is 10.1. The zero-order chi connectivity index (χ0) is 15.1. The van der Waals surface area contributed by atoms with Crippen LogP contribution in [0.2, 0.25) is 0 Å². The Morgan fingerprint density at radius 3 is 2.52 bits per heavy atom. The second-order valence-electron chi connectivity index (χ2n) is 4.64. The molecule has 21 heavy (non-hydrogen) atoms. The number of unbranched alkanes of at least 4 members (excludes halogenated alkanes) is 1. The lowest BCUT2D eigenvalue weighted by Crippen LogP contribution is -2.24. The van der Waals surface area contributed by atoms with E-state index in [1.54, 1.807) is 24.6 Å².